The molecule has 0 aromatic heterocycles. The van der Waals surface area contributed by atoms with E-state index in [0.717, 1.165) is 12.8 Å². The Bertz CT molecular complexity index is 931. The molecule has 1 heterocycles. The van der Waals surface area contributed by atoms with Gasteiger partial charge in [0.05, 0.1) is 23.5 Å². The normalized spacial score (nSPS) is 15.0. The van der Waals surface area contributed by atoms with E-state index in [0.29, 0.717) is 30.1 Å². The van der Waals surface area contributed by atoms with Gasteiger partial charge in [0.1, 0.15) is 10.6 Å². The summed E-state index contributed by atoms with van der Waals surface area (Å²) in [7, 11) is -2.34. The second kappa shape index (κ2) is 7.55. The zero-order valence-corrected chi connectivity index (χ0v) is 15.8. The summed E-state index contributed by atoms with van der Waals surface area (Å²) < 4.78 is 33.1. The SMILES string of the molecule is COc1ccc(NS(=O)(=O)c2ccccc2Cl)cc1N1CCCCC1=O. The van der Waals surface area contributed by atoms with Crippen LogP contribution in [0, 0.1) is 0 Å². The van der Waals surface area contributed by atoms with Crippen LogP contribution in [0.5, 0.6) is 5.75 Å². The summed E-state index contributed by atoms with van der Waals surface area (Å²) in [4.78, 5) is 13.9. The number of piperidine rings is 1. The Labute approximate surface area is 157 Å². The number of benzene rings is 2. The van der Waals surface area contributed by atoms with Crippen LogP contribution in [0.3, 0.4) is 0 Å². The van der Waals surface area contributed by atoms with Crippen LogP contribution >= 0.6 is 11.6 Å². The molecule has 0 aliphatic carbocycles. The van der Waals surface area contributed by atoms with Crippen LogP contribution < -0.4 is 14.4 Å². The van der Waals surface area contributed by atoms with Gasteiger partial charge in [-0.05, 0) is 43.2 Å². The van der Waals surface area contributed by atoms with Gasteiger partial charge in [-0.1, -0.05) is 23.7 Å². The zero-order valence-electron chi connectivity index (χ0n) is 14.2. The van der Waals surface area contributed by atoms with Crippen molar-refractivity contribution in [2.45, 2.75) is 24.2 Å². The fraction of sp³-hybridized carbons (Fsp3) is 0.278. The fourth-order valence-corrected chi connectivity index (χ4v) is 4.47. The first-order valence-electron chi connectivity index (χ1n) is 8.18. The number of hydrogen-bond acceptors (Lipinski definition) is 4. The van der Waals surface area contributed by atoms with E-state index in [4.69, 9.17) is 16.3 Å². The molecule has 1 amide bonds. The highest BCUT2D eigenvalue weighted by Gasteiger charge is 2.24. The van der Waals surface area contributed by atoms with Gasteiger partial charge in [0.15, 0.2) is 0 Å². The number of amides is 1. The largest absolute Gasteiger partial charge is 0.495 e. The van der Waals surface area contributed by atoms with E-state index in [-0.39, 0.29) is 15.8 Å². The molecule has 1 aliphatic rings. The highest BCUT2D eigenvalue weighted by atomic mass is 35.5. The quantitative estimate of drug-likeness (QED) is 0.839. The molecule has 1 N–H and O–H groups in total. The minimum atomic E-state index is -3.85. The summed E-state index contributed by atoms with van der Waals surface area (Å²) in [6, 6.07) is 11.1. The molecule has 2 aromatic rings. The molecule has 6 nitrogen and oxygen atoms in total. The number of methoxy groups -OCH3 is 1. The van der Waals surface area contributed by atoms with Crippen molar-refractivity contribution in [3.8, 4) is 5.75 Å². The van der Waals surface area contributed by atoms with Crippen LogP contribution in [0.4, 0.5) is 11.4 Å². The number of carbonyl (C=O) groups excluding carboxylic acids is 1. The topological polar surface area (TPSA) is 75.7 Å². The van der Waals surface area contributed by atoms with Gasteiger partial charge < -0.3 is 9.64 Å². The van der Waals surface area contributed by atoms with Crippen LogP contribution in [0.15, 0.2) is 47.4 Å². The van der Waals surface area contributed by atoms with E-state index < -0.39 is 10.0 Å². The van der Waals surface area contributed by atoms with Gasteiger partial charge in [-0.15, -0.1) is 0 Å². The Kier molecular flexibility index (Phi) is 5.38. The zero-order chi connectivity index (χ0) is 18.7. The third-order valence-corrected chi connectivity index (χ3v) is 6.05. The minimum absolute atomic E-state index is 0.000612. The summed E-state index contributed by atoms with van der Waals surface area (Å²) in [5, 5.41) is 0.139. The number of ether oxygens (including phenoxy) is 1. The third-order valence-electron chi connectivity index (χ3n) is 4.17. The molecule has 0 spiro atoms. The Morgan fingerprint density at radius 2 is 1.92 bits per heavy atom. The average molecular weight is 395 g/mol. The number of rotatable bonds is 5. The molecule has 1 fully saturated rings. The van der Waals surface area contributed by atoms with Crippen LogP contribution in [-0.4, -0.2) is 28.0 Å². The number of nitrogens with one attached hydrogen (secondary N) is 1. The highest BCUT2D eigenvalue weighted by Crippen LogP contribution is 2.34. The molecule has 0 unspecified atom stereocenters. The van der Waals surface area contributed by atoms with Crippen molar-refractivity contribution in [3.63, 3.8) is 0 Å². The van der Waals surface area contributed by atoms with Crippen molar-refractivity contribution in [2.75, 3.05) is 23.3 Å². The molecule has 0 atom stereocenters. The Balaban J connectivity index is 1.95. The highest BCUT2D eigenvalue weighted by molar-refractivity contribution is 7.92. The molecule has 2 aromatic carbocycles. The second-order valence-corrected chi connectivity index (χ2v) is 7.98. The summed E-state index contributed by atoms with van der Waals surface area (Å²) in [5.41, 5.74) is 0.885. The first kappa shape index (κ1) is 18.5. The van der Waals surface area contributed by atoms with Crippen molar-refractivity contribution in [1.82, 2.24) is 0 Å². The fourth-order valence-electron chi connectivity index (χ4n) is 2.90. The maximum Gasteiger partial charge on any atom is 0.263 e. The lowest BCUT2D eigenvalue weighted by atomic mass is 10.1. The van der Waals surface area contributed by atoms with Gasteiger partial charge in [0, 0.05) is 13.0 Å². The van der Waals surface area contributed by atoms with Crippen molar-refractivity contribution < 1.29 is 17.9 Å². The predicted molar refractivity (Wildman–Crippen MR) is 101 cm³/mol. The van der Waals surface area contributed by atoms with Crippen LogP contribution in [0.2, 0.25) is 5.02 Å². The number of sulfonamides is 1. The molecule has 1 aliphatic heterocycles. The van der Waals surface area contributed by atoms with Crippen LogP contribution in [0.1, 0.15) is 19.3 Å². The van der Waals surface area contributed by atoms with Gasteiger partial charge in [-0.2, -0.15) is 0 Å². The van der Waals surface area contributed by atoms with Crippen molar-refractivity contribution in [3.05, 3.63) is 47.5 Å². The number of hydrogen-bond donors (Lipinski definition) is 1. The molecule has 0 bridgehead atoms. The first-order valence-corrected chi connectivity index (χ1v) is 10.0. The standard InChI is InChI=1S/C18H19ClN2O4S/c1-25-16-10-9-13(12-15(16)21-11-5-4-8-18(21)22)20-26(23,24)17-7-3-2-6-14(17)19/h2-3,6-7,9-10,12,20H,4-5,8,11H2,1H3. The molecule has 1 saturated heterocycles. The maximum atomic E-state index is 12.6. The third kappa shape index (κ3) is 3.78. The van der Waals surface area contributed by atoms with Gasteiger partial charge in [-0.3, -0.25) is 9.52 Å². The van der Waals surface area contributed by atoms with Crippen LogP contribution in [-0.2, 0) is 14.8 Å². The van der Waals surface area contributed by atoms with Gasteiger partial charge >= 0.3 is 0 Å². The van der Waals surface area contributed by atoms with E-state index in [9.17, 15) is 13.2 Å². The summed E-state index contributed by atoms with van der Waals surface area (Å²) in [6.07, 6.45) is 2.22. The summed E-state index contributed by atoms with van der Waals surface area (Å²) in [6.45, 7) is 0.579. The second-order valence-electron chi connectivity index (χ2n) is 5.93. The van der Waals surface area contributed by atoms with Gasteiger partial charge in [-0.25, -0.2) is 8.42 Å². The van der Waals surface area contributed by atoms with Gasteiger partial charge in [0.25, 0.3) is 10.0 Å². The lowest BCUT2D eigenvalue weighted by Gasteiger charge is -2.28. The first-order chi connectivity index (χ1) is 12.4. The minimum Gasteiger partial charge on any atom is -0.495 e. The van der Waals surface area contributed by atoms with E-state index >= 15 is 0 Å². The Hall–Kier alpha value is -2.25. The molecule has 138 valence electrons. The van der Waals surface area contributed by atoms with E-state index in [1.807, 2.05) is 0 Å². The van der Waals surface area contributed by atoms with Gasteiger partial charge in [0.2, 0.25) is 5.91 Å². The molecule has 26 heavy (non-hydrogen) atoms. The van der Waals surface area contributed by atoms with E-state index in [1.165, 1.54) is 19.2 Å². The monoisotopic (exact) mass is 394 g/mol. The summed E-state index contributed by atoms with van der Waals surface area (Å²) >= 11 is 6.00. The van der Waals surface area contributed by atoms with Crippen molar-refractivity contribution in [1.29, 1.82) is 0 Å². The summed E-state index contributed by atoms with van der Waals surface area (Å²) in [5.74, 6) is 0.515. The van der Waals surface area contributed by atoms with E-state index in [1.54, 1.807) is 35.2 Å². The van der Waals surface area contributed by atoms with Crippen molar-refractivity contribution >= 4 is 38.9 Å². The number of carbonyl (C=O) groups is 1. The lowest BCUT2D eigenvalue weighted by Crippen LogP contribution is -2.35. The molecule has 3 rings (SSSR count). The van der Waals surface area contributed by atoms with Crippen molar-refractivity contribution in [2.24, 2.45) is 0 Å². The number of nitrogens with zero attached hydrogens (tertiary/aromatic N) is 1. The Morgan fingerprint density at radius 3 is 2.62 bits per heavy atom. The molecule has 0 saturated carbocycles. The smallest absolute Gasteiger partial charge is 0.263 e. The lowest BCUT2D eigenvalue weighted by molar-refractivity contribution is -0.119. The molecule has 8 heteroatoms. The molecular formula is C18H19ClN2O4S. The Morgan fingerprint density at radius 1 is 1.15 bits per heavy atom. The van der Waals surface area contributed by atoms with Crippen LogP contribution in [0.25, 0.3) is 0 Å². The predicted octanol–water partition coefficient (Wildman–Crippen LogP) is 3.67. The number of anilines is 2. The number of halogens is 1. The molecular weight excluding hydrogens is 376 g/mol. The maximum absolute atomic E-state index is 12.6. The van der Waals surface area contributed by atoms with E-state index in [2.05, 4.69) is 4.72 Å². The molecule has 0 radical (unpaired) electrons. The average Bonchev–Trinajstić information content (AvgIpc) is 2.62.